The Hall–Kier alpha value is -2.03. The van der Waals surface area contributed by atoms with E-state index in [0.717, 1.165) is 36.5 Å². The molecule has 2 aromatic carbocycles. The summed E-state index contributed by atoms with van der Waals surface area (Å²) in [4.78, 5) is 11.0. The van der Waals surface area contributed by atoms with Crippen LogP contribution in [0.25, 0.3) is 11.1 Å². The number of carbonyl (C=O) groups excluding carboxylic acids is 1. The molecular formula is C25H28F2O. The Morgan fingerprint density at radius 3 is 1.82 bits per heavy atom. The van der Waals surface area contributed by atoms with E-state index in [1.165, 1.54) is 56.2 Å². The van der Waals surface area contributed by atoms with Gasteiger partial charge in [0.2, 0.25) is 0 Å². The van der Waals surface area contributed by atoms with E-state index in [-0.39, 0.29) is 0 Å². The van der Waals surface area contributed by atoms with Crippen molar-refractivity contribution in [2.75, 3.05) is 0 Å². The molecule has 2 aliphatic carbocycles. The van der Waals surface area contributed by atoms with Gasteiger partial charge in [0.15, 0.2) is 11.6 Å². The Balaban J connectivity index is 1.34. The summed E-state index contributed by atoms with van der Waals surface area (Å²) in [5, 5.41) is 0. The minimum atomic E-state index is -0.809. The SMILES string of the molecule is O=C[C@H]1CC[C@H](C2CCC(c3ccc(-c4ccc(F)c(F)c4)cc3)CC2)CC1. The minimum absolute atomic E-state index is 0.306. The van der Waals surface area contributed by atoms with Crippen molar-refractivity contribution < 1.29 is 13.6 Å². The van der Waals surface area contributed by atoms with Crippen LogP contribution in [0.3, 0.4) is 0 Å². The van der Waals surface area contributed by atoms with Crippen molar-refractivity contribution in [1.29, 1.82) is 0 Å². The first kappa shape index (κ1) is 19.3. The second-order valence-corrected chi connectivity index (χ2v) is 8.67. The average molecular weight is 382 g/mol. The maximum Gasteiger partial charge on any atom is 0.159 e. The van der Waals surface area contributed by atoms with E-state index in [1.54, 1.807) is 6.07 Å². The molecule has 0 aliphatic heterocycles. The van der Waals surface area contributed by atoms with E-state index in [4.69, 9.17) is 0 Å². The molecule has 0 unspecified atom stereocenters. The molecule has 0 N–H and O–H groups in total. The van der Waals surface area contributed by atoms with Crippen LogP contribution < -0.4 is 0 Å². The molecule has 2 fully saturated rings. The van der Waals surface area contributed by atoms with Crippen molar-refractivity contribution in [3.8, 4) is 11.1 Å². The lowest BCUT2D eigenvalue weighted by Crippen LogP contribution is -2.25. The summed E-state index contributed by atoms with van der Waals surface area (Å²) in [6.45, 7) is 0. The highest BCUT2D eigenvalue weighted by molar-refractivity contribution is 5.63. The molecule has 0 heterocycles. The molecule has 2 aromatic rings. The zero-order chi connectivity index (χ0) is 19.5. The van der Waals surface area contributed by atoms with Gasteiger partial charge in [-0.05, 0) is 97.9 Å². The summed E-state index contributed by atoms with van der Waals surface area (Å²) in [6.07, 6.45) is 10.8. The van der Waals surface area contributed by atoms with Gasteiger partial charge < -0.3 is 4.79 Å². The first-order valence-electron chi connectivity index (χ1n) is 10.6. The third-order valence-corrected chi connectivity index (χ3v) is 7.08. The van der Waals surface area contributed by atoms with Crippen molar-refractivity contribution in [3.63, 3.8) is 0 Å². The van der Waals surface area contributed by atoms with Gasteiger partial charge in [0.05, 0.1) is 0 Å². The number of halogens is 2. The molecule has 1 nitrogen and oxygen atoms in total. The average Bonchev–Trinajstić information content (AvgIpc) is 2.76. The molecule has 148 valence electrons. The summed E-state index contributed by atoms with van der Waals surface area (Å²) >= 11 is 0. The predicted molar refractivity (Wildman–Crippen MR) is 108 cm³/mol. The zero-order valence-electron chi connectivity index (χ0n) is 16.2. The van der Waals surface area contributed by atoms with Crippen molar-refractivity contribution in [2.24, 2.45) is 17.8 Å². The van der Waals surface area contributed by atoms with Gasteiger partial charge in [0.25, 0.3) is 0 Å². The van der Waals surface area contributed by atoms with Gasteiger partial charge in [-0.3, -0.25) is 0 Å². The number of carbonyl (C=O) groups is 1. The molecule has 28 heavy (non-hydrogen) atoms. The maximum absolute atomic E-state index is 13.5. The van der Waals surface area contributed by atoms with Crippen LogP contribution in [0.2, 0.25) is 0 Å². The third kappa shape index (κ3) is 4.19. The molecule has 0 aromatic heterocycles. The Kier molecular flexibility index (Phi) is 5.89. The van der Waals surface area contributed by atoms with Gasteiger partial charge in [-0.2, -0.15) is 0 Å². The van der Waals surface area contributed by atoms with Crippen LogP contribution in [0.4, 0.5) is 8.78 Å². The summed E-state index contributed by atoms with van der Waals surface area (Å²) in [5.41, 5.74) is 2.98. The Morgan fingerprint density at radius 1 is 0.679 bits per heavy atom. The Bertz CT molecular complexity index is 798. The van der Waals surface area contributed by atoms with Crippen molar-refractivity contribution in [2.45, 2.75) is 57.3 Å². The quantitative estimate of drug-likeness (QED) is 0.525. The molecule has 0 saturated heterocycles. The lowest BCUT2D eigenvalue weighted by atomic mass is 9.68. The Morgan fingerprint density at radius 2 is 1.25 bits per heavy atom. The van der Waals surface area contributed by atoms with E-state index in [0.29, 0.717) is 17.4 Å². The van der Waals surface area contributed by atoms with Crippen molar-refractivity contribution in [1.82, 2.24) is 0 Å². The Labute approximate surface area is 166 Å². The van der Waals surface area contributed by atoms with E-state index in [2.05, 4.69) is 12.1 Å². The van der Waals surface area contributed by atoms with Crippen LogP contribution in [0.1, 0.15) is 62.8 Å². The van der Waals surface area contributed by atoms with Crippen LogP contribution in [0.15, 0.2) is 42.5 Å². The van der Waals surface area contributed by atoms with E-state index in [1.807, 2.05) is 12.1 Å². The number of hydrogen-bond acceptors (Lipinski definition) is 1. The van der Waals surface area contributed by atoms with Gasteiger partial charge in [-0.1, -0.05) is 30.3 Å². The van der Waals surface area contributed by atoms with Gasteiger partial charge in [0, 0.05) is 5.92 Å². The summed E-state index contributed by atoms with van der Waals surface area (Å²) in [5.74, 6) is 0.930. The fourth-order valence-corrected chi connectivity index (χ4v) is 5.30. The normalized spacial score (nSPS) is 28.1. The molecule has 4 rings (SSSR count). The van der Waals surface area contributed by atoms with Crippen molar-refractivity contribution >= 4 is 6.29 Å². The van der Waals surface area contributed by atoms with Gasteiger partial charge in [-0.25, -0.2) is 8.78 Å². The van der Waals surface area contributed by atoms with Crippen LogP contribution in [0, 0.1) is 29.4 Å². The monoisotopic (exact) mass is 382 g/mol. The predicted octanol–water partition coefficient (Wildman–Crippen LogP) is 6.91. The standard InChI is InChI=1S/C25H28F2O/c26-24-14-13-23(15-25(24)27)22-11-9-21(10-12-22)20-7-5-19(6-8-20)18-3-1-17(16-28)2-4-18/h9-20H,1-8H2/t17-,18-,19?,20?. The van der Waals surface area contributed by atoms with Gasteiger partial charge in [0.1, 0.15) is 6.29 Å². The fourth-order valence-electron chi connectivity index (χ4n) is 5.30. The number of rotatable bonds is 4. The van der Waals surface area contributed by atoms with E-state index < -0.39 is 11.6 Å². The molecule has 0 bridgehead atoms. The topological polar surface area (TPSA) is 17.1 Å². The van der Waals surface area contributed by atoms with Crippen LogP contribution >= 0.6 is 0 Å². The first-order chi connectivity index (χ1) is 13.6. The van der Waals surface area contributed by atoms with Crippen LogP contribution in [0.5, 0.6) is 0 Å². The van der Waals surface area contributed by atoms with E-state index >= 15 is 0 Å². The second-order valence-electron chi connectivity index (χ2n) is 8.67. The molecule has 0 atom stereocenters. The van der Waals surface area contributed by atoms with Crippen molar-refractivity contribution in [3.05, 3.63) is 59.7 Å². The molecule has 0 radical (unpaired) electrons. The van der Waals surface area contributed by atoms with Gasteiger partial charge >= 0.3 is 0 Å². The molecule has 2 aliphatic rings. The zero-order valence-corrected chi connectivity index (χ0v) is 16.2. The molecule has 0 amide bonds. The second kappa shape index (κ2) is 8.55. The number of aldehydes is 1. The molecule has 2 saturated carbocycles. The molecular weight excluding hydrogens is 354 g/mol. The summed E-state index contributed by atoms with van der Waals surface area (Å²) in [6, 6.07) is 12.4. The lowest BCUT2D eigenvalue weighted by molar-refractivity contribution is -0.112. The van der Waals surface area contributed by atoms with Gasteiger partial charge in [-0.15, -0.1) is 0 Å². The molecule has 0 spiro atoms. The van der Waals surface area contributed by atoms with E-state index in [9.17, 15) is 13.6 Å². The highest BCUT2D eigenvalue weighted by atomic mass is 19.2. The third-order valence-electron chi connectivity index (χ3n) is 7.08. The largest absolute Gasteiger partial charge is 0.303 e. The minimum Gasteiger partial charge on any atom is -0.303 e. The highest BCUT2D eigenvalue weighted by Crippen LogP contribution is 2.43. The fraction of sp³-hybridized carbons (Fsp3) is 0.480. The van der Waals surface area contributed by atoms with Crippen LogP contribution in [-0.2, 0) is 4.79 Å². The molecule has 3 heteroatoms. The highest BCUT2D eigenvalue weighted by Gasteiger charge is 2.31. The maximum atomic E-state index is 13.5. The summed E-state index contributed by atoms with van der Waals surface area (Å²) < 4.78 is 26.6. The first-order valence-corrected chi connectivity index (χ1v) is 10.6. The number of hydrogen-bond donors (Lipinski definition) is 0. The number of benzene rings is 2. The lowest BCUT2D eigenvalue weighted by Gasteiger charge is -2.37. The smallest absolute Gasteiger partial charge is 0.159 e. The van der Waals surface area contributed by atoms with Crippen LogP contribution in [-0.4, -0.2) is 6.29 Å². The summed E-state index contributed by atoms with van der Waals surface area (Å²) in [7, 11) is 0.